The Hall–Kier alpha value is -3.59. The monoisotopic (exact) mass is 452 g/mol. The van der Waals surface area contributed by atoms with E-state index in [2.05, 4.69) is 30.2 Å². The highest BCUT2D eigenvalue weighted by molar-refractivity contribution is 7.59. The van der Waals surface area contributed by atoms with Crippen LogP contribution in [0.1, 0.15) is 41.4 Å². The third-order valence-corrected chi connectivity index (χ3v) is 4.86. The molecule has 4 aromatic rings. The van der Waals surface area contributed by atoms with Gasteiger partial charge in [-0.15, -0.1) is 0 Å². The number of nitrogens with one attached hydrogen (secondary N) is 2. The van der Waals surface area contributed by atoms with Crippen molar-refractivity contribution in [2.75, 3.05) is 18.8 Å². The molecule has 0 saturated heterocycles. The van der Waals surface area contributed by atoms with Crippen LogP contribution in [-0.2, 0) is 0 Å². The minimum absolute atomic E-state index is 0. The lowest BCUT2D eigenvalue weighted by Crippen LogP contribution is -2.18. The molecule has 0 aliphatic rings. The van der Waals surface area contributed by atoms with E-state index >= 15 is 0 Å². The van der Waals surface area contributed by atoms with E-state index in [1.54, 1.807) is 25.1 Å². The van der Waals surface area contributed by atoms with Crippen LogP contribution in [-0.4, -0.2) is 44.3 Å². The van der Waals surface area contributed by atoms with Crippen molar-refractivity contribution in [2.45, 2.75) is 19.8 Å². The number of carbonyl (C=O) groups excluding carboxylic acids is 1. The highest BCUT2D eigenvalue weighted by Gasteiger charge is 2.15. The van der Waals surface area contributed by atoms with E-state index in [0.29, 0.717) is 34.8 Å². The second kappa shape index (κ2) is 10.1. The molecule has 32 heavy (non-hydrogen) atoms. The first-order valence-electron chi connectivity index (χ1n) is 12.1. The first-order valence-corrected chi connectivity index (χ1v) is 9.62. The first kappa shape index (κ1) is 17.0. The Morgan fingerprint density at radius 3 is 2.75 bits per heavy atom. The summed E-state index contributed by atoms with van der Waals surface area (Å²) in [4.78, 5) is 33.4. The number of anilines is 1. The van der Waals surface area contributed by atoms with Crippen LogP contribution in [0.15, 0.2) is 55.2 Å². The Labute approximate surface area is 200 Å². The van der Waals surface area contributed by atoms with Gasteiger partial charge in [0.1, 0.15) is 18.0 Å². The molecule has 0 fully saturated rings. The summed E-state index contributed by atoms with van der Waals surface area (Å²) in [5, 5.41) is 5.82. The van der Waals surface area contributed by atoms with Crippen molar-refractivity contribution in [2.24, 2.45) is 0 Å². The van der Waals surface area contributed by atoms with Crippen molar-refractivity contribution in [1.82, 2.24) is 30.2 Å². The Kier molecular flexibility index (Phi) is 5.40. The molecule has 1 atom stereocenters. The predicted octanol–water partition coefficient (Wildman–Crippen LogP) is 3.48. The van der Waals surface area contributed by atoms with E-state index in [-0.39, 0.29) is 42.9 Å². The molecular weight excluding hydrogens is 422 g/mol. The Balaban J connectivity index is 0.00000380. The van der Waals surface area contributed by atoms with Gasteiger partial charge in [-0.05, 0) is 18.6 Å². The summed E-state index contributed by atoms with van der Waals surface area (Å²) < 4.78 is 38.1. The standard InChI is InChI=1S/C23H23N7O.H2S/c1-14(17-5-4-6-18-19(23(31)24-3)7-8-25-22(17)18)10-28-21-9-20(29-13-30-21)16-11-26-15(2)27-12-16;/h4-9,11-14H,10H2,1-3H3,(H,24,31)(H,28,29,30);1H2/t14-;/m1./s1/i3D3,11D,12D;. The highest BCUT2D eigenvalue weighted by atomic mass is 32.1. The maximum Gasteiger partial charge on any atom is 0.251 e. The van der Waals surface area contributed by atoms with Gasteiger partial charge in [-0.2, -0.15) is 13.5 Å². The van der Waals surface area contributed by atoms with Crippen molar-refractivity contribution in [3.8, 4) is 11.3 Å². The summed E-state index contributed by atoms with van der Waals surface area (Å²) in [6.07, 6.45) is 2.67. The lowest BCUT2D eigenvalue weighted by Gasteiger charge is -2.16. The molecule has 0 unspecified atom stereocenters. The summed E-state index contributed by atoms with van der Waals surface area (Å²) in [6, 6.07) is 8.57. The number of pyridine rings is 1. The molecule has 9 heteroatoms. The molecular formula is C23H25N7OS. The van der Waals surface area contributed by atoms with Crippen molar-refractivity contribution < 1.29 is 11.6 Å². The number of carbonyl (C=O) groups is 1. The first-order chi connectivity index (χ1) is 17.0. The summed E-state index contributed by atoms with van der Waals surface area (Å²) in [6.45, 7) is 1.47. The van der Waals surface area contributed by atoms with Crippen LogP contribution in [0.25, 0.3) is 22.2 Å². The number of amides is 1. The minimum atomic E-state index is -2.59. The number of hydrogen-bond donors (Lipinski definition) is 2. The van der Waals surface area contributed by atoms with Gasteiger partial charge in [-0.25, -0.2) is 19.9 Å². The number of nitrogens with zero attached hydrogens (tertiary/aromatic N) is 5. The van der Waals surface area contributed by atoms with E-state index in [9.17, 15) is 4.79 Å². The van der Waals surface area contributed by atoms with E-state index < -0.39 is 12.9 Å². The zero-order valence-corrected chi connectivity index (χ0v) is 18.5. The van der Waals surface area contributed by atoms with Crippen LogP contribution >= 0.6 is 13.5 Å². The molecule has 0 saturated carbocycles. The predicted molar refractivity (Wildman–Crippen MR) is 130 cm³/mol. The molecule has 0 aliphatic carbocycles. The number of aromatic nitrogens is 5. The van der Waals surface area contributed by atoms with Gasteiger partial charge in [-0.1, -0.05) is 25.1 Å². The largest absolute Gasteiger partial charge is 0.369 e. The number of hydrogen-bond acceptors (Lipinski definition) is 7. The van der Waals surface area contributed by atoms with Crippen molar-refractivity contribution >= 4 is 36.1 Å². The molecule has 2 N–H and O–H groups in total. The second-order valence-corrected chi connectivity index (χ2v) is 7.00. The molecule has 0 bridgehead atoms. The van der Waals surface area contributed by atoms with Crippen LogP contribution < -0.4 is 10.6 Å². The van der Waals surface area contributed by atoms with Crippen LogP contribution in [0.4, 0.5) is 5.82 Å². The topological polar surface area (TPSA) is 106 Å². The van der Waals surface area contributed by atoms with Crippen molar-refractivity contribution in [3.63, 3.8) is 0 Å². The zero-order valence-electron chi connectivity index (χ0n) is 22.5. The van der Waals surface area contributed by atoms with Gasteiger partial charge in [0.2, 0.25) is 0 Å². The number of aryl methyl sites for hydroxylation is 1. The highest BCUT2D eigenvalue weighted by Crippen LogP contribution is 2.27. The van der Waals surface area contributed by atoms with Gasteiger partial charge in [0.15, 0.2) is 0 Å². The smallest absolute Gasteiger partial charge is 0.251 e. The molecule has 1 amide bonds. The maximum absolute atomic E-state index is 12.5. The fourth-order valence-electron chi connectivity index (χ4n) is 3.26. The molecule has 0 aliphatic heterocycles. The Morgan fingerprint density at radius 1 is 1.16 bits per heavy atom. The van der Waals surface area contributed by atoms with Gasteiger partial charge in [0.25, 0.3) is 5.91 Å². The molecule has 1 aromatic carbocycles. The van der Waals surface area contributed by atoms with Gasteiger partial charge in [0.05, 0.1) is 19.5 Å². The molecule has 3 aromatic heterocycles. The van der Waals surface area contributed by atoms with Gasteiger partial charge < -0.3 is 10.6 Å². The van der Waals surface area contributed by atoms with Crippen molar-refractivity contribution in [3.05, 3.63) is 72.2 Å². The SMILES string of the molecule is S.[2H]c1nc(C)nc([2H])c1-c1cc(NC[C@@H](C)c2cccc3c(C(=O)NC([2H])([2H])[2H])ccnc23)ncn1. The van der Waals surface area contributed by atoms with E-state index in [1.165, 1.54) is 18.6 Å². The zero-order chi connectivity index (χ0) is 26.0. The maximum atomic E-state index is 12.5. The van der Waals surface area contributed by atoms with Gasteiger partial charge >= 0.3 is 0 Å². The van der Waals surface area contributed by atoms with Crippen LogP contribution in [0, 0.1) is 6.92 Å². The summed E-state index contributed by atoms with van der Waals surface area (Å²) in [5.41, 5.74) is 2.29. The van der Waals surface area contributed by atoms with E-state index in [4.69, 9.17) is 6.85 Å². The Bertz CT molecular complexity index is 1430. The Morgan fingerprint density at radius 2 is 1.97 bits per heavy atom. The average molecular weight is 453 g/mol. The average Bonchev–Trinajstić information content (AvgIpc) is 2.80. The fourth-order valence-corrected chi connectivity index (χ4v) is 3.26. The van der Waals surface area contributed by atoms with Crippen LogP contribution in [0.3, 0.4) is 0 Å². The number of fused-ring (bicyclic) bond motifs is 1. The normalized spacial score (nSPS) is 14.1. The number of rotatable bonds is 6. The molecule has 8 nitrogen and oxygen atoms in total. The fraction of sp³-hybridized carbons (Fsp3) is 0.217. The number of benzene rings is 1. The van der Waals surface area contributed by atoms with Gasteiger partial charge in [-0.3, -0.25) is 9.78 Å². The summed E-state index contributed by atoms with van der Waals surface area (Å²) in [7, 11) is 0. The van der Waals surface area contributed by atoms with Crippen LogP contribution in [0.5, 0.6) is 0 Å². The lowest BCUT2D eigenvalue weighted by atomic mass is 9.96. The number of para-hydroxylation sites is 1. The third-order valence-electron chi connectivity index (χ3n) is 4.86. The second-order valence-electron chi connectivity index (χ2n) is 7.00. The minimum Gasteiger partial charge on any atom is -0.369 e. The molecule has 3 heterocycles. The molecule has 164 valence electrons. The molecule has 4 rings (SSSR count). The van der Waals surface area contributed by atoms with E-state index in [1.807, 2.05) is 18.3 Å². The summed E-state index contributed by atoms with van der Waals surface area (Å²) >= 11 is 0. The van der Waals surface area contributed by atoms with E-state index in [0.717, 1.165) is 5.56 Å². The van der Waals surface area contributed by atoms with Crippen LogP contribution in [0.2, 0.25) is 0 Å². The van der Waals surface area contributed by atoms with Crippen molar-refractivity contribution in [1.29, 1.82) is 0 Å². The van der Waals surface area contributed by atoms with Gasteiger partial charge in [0, 0.05) is 59.1 Å². The summed E-state index contributed by atoms with van der Waals surface area (Å²) in [5.74, 6) is 0.0815. The molecule has 0 radical (unpaired) electrons. The quantitative estimate of drug-likeness (QED) is 0.461. The third kappa shape index (κ3) is 4.83. The lowest BCUT2D eigenvalue weighted by molar-refractivity contribution is 0.0964. The molecule has 0 spiro atoms.